The second kappa shape index (κ2) is 6.35. The Morgan fingerprint density at radius 1 is 1.31 bits per heavy atom. The molecule has 0 aromatic carbocycles. The lowest BCUT2D eigenvalue weighted by atomic mass is 9.98. The zero-order chi connectivity index (χ0) is 9.52. The van der Waals surface area contributed by atoms with E-state index in [1.165, 1.54) is 32.1 Å². The highest BCUT2D eigenvalue weighted by Crippen LogP contribution is 2.20. The molecule has 0 aromatic rings. The van der Waals surface area contributed by atoms with Gasteiger partial charge in [0, 0.05) is 13.2 Å². The van der Waals surface area contributed by atoms with Crippen LogP contribution in [-0.4, -0.2) is 30.5 Å². The molecule has 3 N–H and O–H groups in total. The number of ether oxygens (including phenoxy) is 1. The molecule has 0 amide bonds. The van der Waals surface area contributed by atoms with Crippen molar-refractivity contribution in [3.63, 3.8) is 0 Å². The maximum absolute atomic E-state index is 9.18. The minimum Gasteiger partial charge on any atom is -0.392 e. The van der Waals surface area contributed by atoms with Crippen molar-refractivity contribution in [3.8, 4) is 0 Å². The van der Waals surface area contributed by atoms with E-state index in [9.17, 15) is 5.11 Å². The number of rotatable bonds is 5. The highest BCUT2D eigenvalue weighted by molar-refractivity contribution is 4.65. The molecule has 1 aliphatic rings. The number of hydrogen-bond acceptors (Lipinski definition) is 3. The highest BCUT2D eigenvalue weighted by atomic mass is 16.5. The molecule has 1 aliphatic carbocycles. The minimum atomic E-state index is -0.386. The van der Waals surface area contributed by atoms with Crippen LogP contribution in [0.5, 0.6) is 0 Å². The van der Waals surface area contributed by atoms with Crippen molar-refractivity contribution < 1.29 is 9.84 Å². The minimum absolute atomic E-state index is 0.341. The largest absolute Gasteiger partial charge is 0.392 e. The number of aliphatic hydroxyl groups is 1. The molecule has 13 heavy (non-hydrogen) atoms. The zero-order valence-corrected chi connectivity index (χ0v) is 8.24. The van der Waals surface area contributed by atoms with Crippen LogP contribution in [0.3, 0.4) is 0 Å². The van der Waals surface area contributed by atoms with Gasteiger partial charge in [0.05, 0.1) is 12.2 Å². The van der Waals surface area contributed by atoms with Crippen LogP contribution in [0.15, 0.2) is 0 Å². The van der Waals surface area contributed by atoms with E-state index in [1.807, 2.05) is 0 Å². The Morgan fingerprint density at radius 2 is 2.00 bits per heavy atom. The fraction of sp³-hybridized carbons (Fsp3) is 1.00. The molecule has 0 aromatic heterocycles. The molecule has 1 atom stereocenters. The molecular formula is C10H21NO2. The maximum Gasteiger partial charge on any atom is 0.0684 e. The quantitative estimate of drug-likeness (QED) is 0.676. The lowest BCUT2D eigenvalue weighted by Gasteiger charge is -2.22. The van der Waals surface area contributed by atoms with Gasteiger partial charge in [-0.25, -0.2) is 0 Å². The van der Waals surface area contributed by atoms with E-state index in [1.54, 1.807) is 0 Å². The van der Waals surface area contributed by atoms with Gasteiger partial charge in [0.25, 0.3) is 0 Å². The van der Waals surface area contributed by atoms with Gasteiger partial charge >= 0.3 is 0 Å². The average molecular weight is 187 g/mol. The van der Waals surface area contributed by atoms with Gasteiger partial charge in [0.1, 0.15) is 0 Å². The molecule has 78 valence electrons. The van der Waals surface area contributed by atoms with Crippen LogP contribution in [0, 0.1) is 0 Å². The SMILES string of the molecule is NCC(O)CCOC1CCCCC1. The Morgan fingerprint density at radius 3 is 2.62 bits per heavy atom. The van der Waals surface area contributed by atoms with Crippen molar-refractivity contribution in [2.75, 3.05) is 13.2 Å². The lowest BCUT2D eigenvalue weighted by molar-refractivity contribution is 0.0106. The van der Waals surface area contributed by atoms with Gasteiger partial charge in [0.2, 0.25) is 0 Å². The summed E-state index contributed by atoms with van der Waals surface area (Å²) in [4.78, 5) is 0. The third-order valence-corrected chi connectivity index (χ3v) is 2.63. The van der Waals surface area contributed by atoms with Crippen LogP contribution >= 0.6 is 0 Å². The Balaban J connectivity index is 1.98. The van der Waals surface area contributed by atoms with Crippen molar-refractivity contribution >= 4 is 0 Å². The first-order chi connectivity index (χ1) is 6.33. The normalized spacial score (nSPS) is 21.7. The molecular weight excluding hydrogens is 166 g/mol. The number of nitrogens with two attached hydrogens (primary N) is 1. The number of hydrogen-bond donors (Lipinski definition) is 2. The van der Waals surface area contributed by atoms with Crippen LogP contribution in [0.25, 0.3) is 0 Å². The molecule has 1 unspecified atom stereocenters. The Labute approximate surface area is 80.3 Å². The predicted octanol–water partition coefficient (Wildman–Crippen LogP) is 1.05. The number of aliphatic hydroxyl groups excluding tert-OH is 1. The Kier molecular flexibility index (Phi) is 5.35. The van der Waals surface area contributed by atoms with Crippen LogP contribution in [0.4, 0.5) is 0 Å². The van der Waals surface area contributed by atoms with E-state index in [2.05, 4.69) is 0 Å². The highest BCUT2D eigenvalue weighted by Gasteiger charge is 2.13. The summed E-state index contributed by atoms with van der Waals surface area (Å²) >= 11 is 0. The van der Waals surface area contributed by atoms with Gasteiger partial charge in [-0.2, -0.15) is 0 Å². The van der Waals surface area contributed by atoms with E-state index < -0.39 is 0 Å². The molecule has 1 rings (SSSR count). The molecule has 0 saturated heterocycles. The van der Waals surface area contributed by atoms with Gasteiger partial charge in [0.15, 0.2) is 0 Å². The second-order valence-electron chi connectivity index (χ2n) is 3.81. The first-order valence-corrected chi connectivity index (χ1v) is 5.32. The smallest absolute Gasteiger partial charge is 0.0684 e. The first-order valence-electron chi connectivity index (χ1n) is 5.32. The molecule has 0 spiro atoms. The summed E-state index contributed by atoms with van der Waals surface area (Å²) in [6, 6.07) is 0. The summed E-state index contributed by atoms with van der Waals surface area (Å²) in [6.07, 6.45) is 7.06. The van der Waals surface area contributed by atoms with Crippen molar-refractivity contribution in [1.82, 2.24) is 0 Å². The second-order valence-corrected chi connectivity index (χ2v) is 3.81. The average Bonchev–Trinajstić information content (AvgIpc) is 2.19. The molecule has 3 heteroatoms. The molecule has 1 fully saturated rings. The lowest BCUT2D eigenvalue weighted by Crippen LogP contribution is -2.24. The summed E-state index contributed by atoms with van der Waals surface area (Å²) in [6.45, 7) is 0.997. The molecule has 3 nitrogen and oxygen atoms in total. The van der Waals surface area contributed by atoms with Gasteiger partial charge in [-0.05, 0) is 19.3 Å². The summed E-state index contributed by atoms with van der Waals surface area (Å²) in [5.74, 6) is 0. The summed E-state index contributed by atoms with van der Waals surface area (Å²) in [5, 5.41) is 9.18. The monoisotopic (exact) mass is 187 g/mol. The third-order valence-electron chi connectivity index (χ3n) is 2.63. The molecule has 0 bridgehead atoms. The fourth-order valence-electron chi connectivity index (χ4n) is 1.72. The topological polar surface area (TPSA) is 55.5 Å². The van der Waals surface area contributed by atoms with Crippen molar-refractivity contribution in [2.45, 2.75) is 50.7 Å². The van der Waals surface area contributed by atoms with Gasteiger partial charge < -0.3 is 15.6 Å². The molecule has 1 saturated carbocycles. The van der Waals surface area contributed by atoms with Crippen molar-refractivity contribution in [1.29, 1.82) is 0 Å². The summed E-state index contributed by atoms with van der Waals surface area (Å²) in [7, 11) is 0. The van der Waals surface area contributed by atoms with Crippen molar-refractivity contribution in [2.24, 2.45) is 5.73 Å². The summed E-state index contributed by atoms with van der Waals surface area (Å²) < 4.78 is 5.64. The van der Waals surface area contributed by atoms with E-state index in [4.69, 9.17) is 10.5 Å². The first kappa shape index (κ1) is 11.0. The van der Waals surface area contributed by atoms with Crippen LogP contribution in [0.1, 0.15) is 38.5 Å². The van der Waals surface area contributed by atoms with Crippen LogP contribution in [-0.2, 0) is 4.74 Å². The predicted molar refractivity (Wildman–Crippen MR) is 52.5 cm³/mol. The molecule has 0 aliphatic heterocycles. The standard InChI is InChI=1S/C10H21NO2/c11-8-9(12)6-7-13-10-4-2-1-3-5-10/h9-10,12H,1-8,11H2. The maximum atomic E-state index is 9.18. The molecule has 0 heterocycles. The Hall–Kier alpha value is -0.120. The van der Waals surface area contributed by atoms with E-state index in [0.29, 0.717) is 25.7 Å². The van der Waals surface area contributed by atoms with Crippen molar-refractivity contribution in [3.05, 3.63) is 0 Å². The Bertz CT molecular complexity index is 124. The fourth-order valence-corrected chi connectivity index (χ4v) is 1.72. The van der Waals surface area contributed by atoms with Crippen LogP contribution < -0.4 is 5.73 Å². The van der Waals surface area contributed by atoms with E-state index in [-0.39, 0.29) is 6.10 Å². The van der Waals surface area contributed by atoms with Gasteiger partial charge in [-0.3, -0.25) is 0 Å². The third kappa shape index (κ3) is 4.60. The van der Waals surface area contributed by atoms with E-state index in [0.717, 1.165) is 0 Å². The van der Waals surface area contributed by atoms with Crippen LogP contribution in [0.2, 0.25) is 0 Å². The van der Waals surface area contributed by atoms with E-state index >= 15 is 0 Å². The molecule has 0 radical (unpaired) electrons. The van der Waals surface area contributed by atoms with Gasteiger partial charge in [-0.1, -0.05) is 19.3 Å². The van der Waals surface area contributed by atoms with Gasteiger partial charge in [-0.15, -0.1) is 0 Å². The zero-order valence-electron chi connectivity index (χ0n) is 8.24. The summed E-state index contributed by atoms with van der Waals surface area (Å²) in [5.41, 5.74) is 5.29.